The molecule has 4 rings (SSSR count). The number of carbonyl (C=O) groups excluding carboxylic acids is 2. The third-order valence-electron chi connectivity index (χ3n) is 6.78. The number of rotatable bonds is 7. The molecule has 0 spiro atoms. The van der Waals surface area contributed by atoms with E-state index in [0.717, 1.165) is 38.9 Å². The zero-order valence-corrected chi connectivity index (χ0v) is 17.5. The van der Waals surface area contributed by atoms with Crippen LogP contribution in [-0.2, 0) is 27.9 Å². The lowest BCUT2D eigenvalue weighted by molar-refractivity contribution is -0.153. The predicted octanol–water partition coefficient (Wildman–Crippen LogP) is 0.774. The Kier molecular flexibility index (Phi) is 6.20. The van der Waals surface area contributed by atoms with Crippen LogP contribution in [0.25, 0.3) is 0 Å². The molecule has 1 aromatic rings. The third kappa shape index (κ3) is 4.48. The van der Waals surface area contributed by atoms with E-state index >= 15 is 0 Å². The molecular weight excluding hydrogens is 370 g/mol. The molecule has 0 unspecified atom stereocenters. The molecule has 3 aliphatic heterocycles. The molecule has 2 amide bonds. The fourth-order valence-electron chi connectivity index (χ4n) is 5.58. The fraction of sp³-hybridized carbons (Fsp3) is 0.762. The summed E-state index contributed by atoms with van der Waals surface area (Å²) in [7, 11) is 3.55. The average Bonchev–Trinajstić information content (AvgIpc) is 3.11. The van der Waals surface area contributed by atoms with Gasteiger partial charge in [-0.25, -0.2) is 0 Å². The Bertz CT molecular complexity index is 736. The van der Waals surface area contributed by atoms with E-state index in [-0.39, 0.29) is 17.9 Å². The quantitative estimate of drug-likeness (QED) is 0.728. The van der Waals surface area contributed by atoms with Crippen LogP contribution >= 0.6 is 0 Å². The van der Waals surface area contributed by atoms with Gasteiger partial charge in [0.05, 0.1) is 18.8 Å². The van der Waals surface area contributed by atoms with Crippen LogP contribution in [0, 0.1) is 11.8 Å². The molecule has 8 heteroatoms. The Balaban J connectivity index is 1.47. The van der Waals surface area contributed by atoms with Crippen LogP contribution in [-0.4, -0.2) is 76.8 Å². The van der Waals surface area contributed by atoms with E-state index in [1.807, 2.05) is 17.9 Å². The van der Waals surface area contributed by atoms with Gasteiger partial charge >= 0.3 is 0 Å². The smallest absolute Gasteiger partial charge is 0.223 e. The molecule has 1 N–H and O–H groups in total. The number of carbonyl (C=O) groups is 2. The van der Waals surface area contributed by atoms with Crippen molar-refractivity contribution in [2.45, 2.75) is 50.7 Å². The van der Waals surface area contributed by atoms with Gasteiger partial charge in [-0.2, -0.15) is 5.10 Å². The van der Waals surface area contributed by atoms with Gasteiger partial charge in [0.25, 0.3) is 0 Å². The van der Waals surface area contributed by atoms with Crippen LogP contribution in [0.5, 0.6) is 0 Å². The van der Waals surface area contributed by atoms with Gasteiger partial charge in [0.15, 0.2) is 0 Å². The second kappa shape index (κ2) is 8.83. The maximum Gasteiger partial charge on any atom is 0.223 e. The number of methoxy groups -OCH3 is 1. The van der Waals surface area contributed by atoms with E-state index in [9.17, 15) is 9.59 Å². The standard InChI is InChI=1S/C21H33N5O3/c1-24-11-15(9-23-24)12-25-13-16-8-17(14-25)19(10-22-20(27)6-7-29-2)26-18(16)4-3-5-21(26)28/h9,11,16-19H,3-8,10,12-14H2,1-2H3,(H,22,27)/t16-,17+,18+,19+/m1/s1. The van der Waals surface area contributed by atoms with Gasteiger partial charge in [-0.1, -0.05) is 0 Å². The molecule has 4 heterocycles. The summed E-state index contributed by atoms with van der Waals surface area (Å²) in [6.45, 7) is 3.86. The van der Waals surface area contributed by atoms with Crippen molar-refractivity contribution in [1.29, 1.82) is 0 Å². The zero-order chi connectivity index (χ0) is 20.4. The Hall–Kier alpha value is -1.93. The van der Waals surface area contributed by atoms with E-state index < -0.39 is 0 Å². The number of aromatic nitrogens is 2. The first-order valence-electron chi connectivity index (χ1n) is 10.8. The predicted molar refractivity (Wildman–Crippen MR) is 108 cm³/mol. The van der Waals surface area contributed by atoms with Crippen molar-refractivity contribution in [3.05, 3.63) is 18.0 Å². The van der Waals surface area contributed by atoms with Crippen LogP contribution in [0.3, 0.4) is 0 Å². The number of hydrogen-bond acceptors (Lipinski definition) is 5. The Morgan fingerprint density at radius 1 is 1.34 bits per heavy atom. The Labute approximate surface area is 172 Å². The van der Waals surface area contributed by atoms with Gasteiger partial charge in [-0.05, 0) is 31.1 Å². The molecule has 0 aliphatic carbocycles. The molecule has 160 valence electrons. The highest BCUT2D eigenvalue weighted by Gasteiger charge is 2.49. The van der Waals surface area contributed by atoms with Gasteiger partial charge in [0, 0.05) is 71.0 Å². The number of aryl methyl sites for hydroxylation is 1. The van der Waals surface area contributed by atoms with E-state index in [0.29, 0.717) is 43.9 Å². The summed E-state index contributed by atoms with van der Waals surface area (Å²) in [5.41, 5.74) is 1.23. The third-order valence-corrected chi connectivity index (χ3v) is 6.78. The van der Waals surface area contributed by atoms with Crippen molar-refractivity contribution in [1.82, 2.24) is 24.9 Å². The highest BCUT2D eigenvalue weighted by Crippen LogP contribution is 2.41. The van der Waals surface area contributed by atoms with Crippen molar-refractivity contribution in [2.75, 3.05) is 33.4 Å². The van der Waals surface area contributed by atoms with E-state index in [1.165, 1.54) is 5.56 Å². The van der Waals surface area contributed by atoms with Gasteiger partial charge in [0.2, 0.25) is 11.8 Å². The summed E-state index contributed by atoms with van der Waals surface area (Å²) in [6, 6.07) is 0.400. The SMILES string of the molecule is COCCC(=O)NC[C@H]1[C@H]2C[C@H](CN(Cc3cnn(C)c3)C2)[C@@H]2CCCC(=O)N21. The van der Waals surface area contributed by atoms with Crippen molar-refractivity contribution < 1.29 is 14.3 Å². The maximum absolute atomic E-state index is 12.8. The number of likely N-dealkylation sites (tertiary alicyclic amines) is 1. The van der Waals surface area contributed by atoms with Crippen LogP contribution in [0.15, 0.2) is 12.4 Å². The van der Waals surface area contributed by atoms with Gasteiger partial charge in [-0.3, -0.25) is 19.2 Å². The Morgan fingerprint density at radius 2 is 2.17 bits per heavy atom. The first-order chi connectivity index (χ1) is 14.0. The number of ether oxygens (including phenoxy) is 1. The first-order valence-corrected chi connectivity index (χ1v) is 10.8. The minimum absolute atomic E-state index is 0.00185. The van der Waals surface area contributed by atoms with Crippen molar-refractivity contribution in [3.63, 3.8) is 0 Å². The monoisotopic (exact) mass is 403 g/mol. The maximum atomic E-state index is 12.8. The van der Waals surface area contributed by atoms with Crippen LogP contribution < -0.4 is 5.32 Å². The minimum atomic E-state index is -0.00185. The fourth-order valence-corrected chi connectivity index (χ4v) is 5.58. The van der Waals surface area contributed by atoms with Crippen LogP contribution in [0.2, 0.25) is 0 Å². The van der Waals surface area contributed by atoms with E-state index in [2.05, 4.69) is 26.4 Å². The first kappa shape index (κ1) is 20.3. The average molecular weight is 404 g/mol. The molecule has 0 radical (unpaired) electrons. The number of hydrogen-bond donors (Lipinski definition) is 1. The van der Waals surface area contributed by atoms with Crippen molar-refractivity contribution >= 4 is 11.8 Å². The molecule has 2 bridgehead atoms. The normalized spacial score (nSPS) is 29.6. The summed E-state index contributed by atoms with van der Waals surface area (Å²) in [4.78, 5) is 29.7. The molecule has 4 atom stereocenters. The number of nitrogens with zero attached hydrogens (tertiary/aromatic N) is 4. The minimum Gasteiger partial charge on any atom is -0.384 e. The molecule has 3 saturated heterocycles. The zero-order valence-electron chi connectivity index (χ0n) is 17.5. The molecule has 0 saturated carbocycles. The summed E-state index contributed by atoms with van der Waals surface area (Å²) in [5, 5.41) is 7.36. The summed E-state index contributed by atoms with van der Waals surface area (Å²) in [5.74, 6) is 1.19. The highest BCUT2D eigenvalue weighted by atomic mass is 16.5. The molecule has 8 nitrogen and oxygen atoms in total. The number of fused-ring (bicyclic) bond motifs is 4. The second-order valence-corrected chi connectivity index (χ2v) is 8.85. The van der Waals surface area contributed by atoms with Crippen LogP contribution in [0.4, 0.5) is 0 Å². The molecule has 3 fully saturated rings. The number of nitrogens with one attached hydrogen (secondary N) is 1. The molecular formula is C21H33N5O3. The highest BCUT2D eigenvalue weighted by molar-refractivity contribution is 5.78. The lowest BCUT2D eigenvalue weighted by atomic mass is 9.72. The van der Waals surface area contributed by atoms with E-state index in [1.54, 1.807) is 7.11 Å². The summed E-state index contributed by atoms with van der Waals surface area (Å²) >= 11 is 0. The largest absolute Gasteiger partial charge is 0.384 e. The molecule has 0 aromatic carbocycles. The summed E-state index contributed by atoms with van der Waals surface area (Å²) < 4.78 is 6.85. The molecule has 3 aliphatic rings. The van der Waals surface area contributed by atoms with Crippen molar-refractivity contribution in [3.8, 4) is 0 Å². The number of amides is 2. The number of piperidine rings is 3. The lowest BCUT2D eigenvalue weighted by Crippen LogP contribution is -2.67. The lowest BCUT2D eigenvalue weighted by Gasteiger charge is -2.56. The van der Waals surface area contributed by atoms with Gasteiger partial charge < -0.3 is 15.0 Å². The Morgan fingerprint density at radius 3 is 2.93 bits per heavy atom. The topological polar surface area (TPSA) is 79.7 Å². The second-order valence-electron chi connectivity index (χ2n) is 8.85. The molecule has 29 heavy (non-hydrogen) atoms. The van der Waals surface area contributed by atoms with E-state index in [4.69, 9.17) is 4.74 Å². The van der Waals surface area contributed by atoms with Crippen LogP contribution in [0.1, 0.15) is 37.7 Å². The summed E-state index contributed by atoms with van der Waals surface area (Å²) in [6.07, 6.45) is 8.23. The van der Waals surface area contributed by atoms with Crippen molar-refractivity contribution in [2.24, 2.45) is 18.9 Å². The van der Waals surface area contributed by atoms with Gasteiger partial charge in [-0.15, -0.1) is 0 Å². The van der Waals surface area contributed by atoms with Gasteiger partial charge in [0.1, 0.15) is 0 Å². The molecule has 1 aromatic heterocycles.